The van der Waals surface area contributed by atoms with Crippen molar-refractivity contribution < 1.29 is 9.50 Å². The van der Waals surface area contributed by atoms with Gasteiger partial charge in [-0.1, -0.05) is 34.1 Å². The zero-order valence-corrected chi connectivity index (χ0v) is 12.8. The molecule has 0 amide bonds. The van der Waals surface area contributed by atoms with Crippen molar-refractivity contribution in [2.24, 2.45) is 5.73 Å². The number of rotatable bonds is 4. The Morgan fingerprint density at radius 3 is 2.35 bits per heavy atom. The molecular formula is C16H17BrFNO. The van der Waals surface area contributed by atoms with Crippen molar-refractivity contribution in [1.82, 2.24) is 0 Å². The van der Waals surface area contributed by atoms with Crippen molar-refractivity contribution in [3.63, 3.8) is 0 Å². The minimum absolute atomic E-state index is 0.260. The zero-order valence-electron chi connectivity index (χ0n) is 11.2. The van der Waals surface area contributed by atoms with Crippen LogP contribution >= 0.6 is 15.9 Å². The highest BCUT2D eigenvalue weighted by Crippen LogP contribution is 2.32. The predicted octanol–water partition coefficient (Wildman–Crippen LogP) is 3.67. The molecule has 0 bridgehead atoms. The lowest BCUT2D eigenvalue weighted by Crippen LogP contribution is -2.20. The zero-order chi connectivity index (χ0) is 14.7. The maximum atomic E-state index is 13.0. The molecule has 2 aromatic carbocycles. The SMILES string of the molecule is Cc1cc(Br)cc(C(O)C(CN)c2ccc(F)cc2)c1. The minimum atomic E-state index is -0.721. The molecule has 4 heteroatoms. The van der Waals surface area contributed by atoms with Crippen LogP contribution in [0, 0.1) is 12.7 Å². The molecule has 0 spiro atoms. The van der Waals surface area contributed by atoms with E-state index >= 15 is 0 Å². The Morgan fingerprint density at radius 2 is 1.80 bits per heavy atom. The van der Waals surface area contributed by atoms with Gasteiger partial charge in [0.25, 0.3) is 0 Å². The van der Waals surface area contributed by atoms with Crippen LogP contribution in [0.4, 0.5) is 4.39 Å². The van der Waals surface area contributed by atoms with Crippen LogP contribution in [0.5, 0.6) is 0 Å². The third kappa shape index (κ3) is 3.45. The van der Waals surface area contributed by atoms with Crippen LogP contribution in [0.2, 0.25) is 0 Å². The molecule has 2 unspecified atom stereocenters. The molecule has 0 fully saturated rings. The first-order valence-electron chi connectivity index (χ1n) is 6.42. The van der Waals surface area contributed by atoms with Crippen molar-refractivity contribution in [3.8, 4) is 0 Å². The van der Waals surface area contributed by atoms with Crippen molar-refractivity contribution >= 4 is 15.9 Å². The van der Waals surface area contributed by atoms with Crippen LogP contribution < -0.4 is 5.73 Å². The van der Waals surface area contributed by atoms with Gasteiger partial charge in [-0.05, 0) is 47.9 Å². The normalized spacial score (nSPS) is 14.1. The van der Waals surface area contributed by atoms with Crippen LogP contribution in [0.3, 0.4) is 0 Å². The Hall–Kier alpha value is -1.23. The molecule has 0 aliphatic carbocycles. The van der Waals surface area contributed by atoms with Gasteiger partial charge in [0.1, 0.15) is 5.82 Å². The van der Waals surface area contributed by atoms with Gasteiger partial charge in [-0.3, -0.25) is 0 Å². The molecule has 0 heterocycles. The number of hydrogen-bond acceptors (Lipinski definition) is 2. The largest absolute Gasteiger partial charge is 0.388 e. The van der Waals surface area contributed by atoms with Crippen LogP contribution in [0.25, 0.3) is 0 Å². The van der Waals surface area contributed by atoms with E-state index in [1.165, 1.54) is 12.1 Å². The van der Waals surface area contributed by atoms with Crippen LogP contribution in [-0.4, -0.2) is 11.7 Å². The minimum Gasteiger partial charge on any atom is -0.388 e. The van der Waals surface area contributed by atoms with Gasteiger partial charge in [-0.2, -0.15) is 0 Å². The molecule has 2 nitrogen and oxygen atoms in total. The van der Waals surface area contributed by atoms with E-state index in [1.54, 1.807) is 12.1 Å². The molecule has 0 aromatic heterocycles. The summed E-state index contributed by atoms with van der Waals surface area (Å²) in [5.74, 6) is -0.554. The fourth-order valence-corrected chi connectivity index (χ4v) is 2.95. The molecule has 0 radical (unpaired) electrons. The maximum absolute atomic E-state index is 13.0. The average molecular weight is 338 g/mol. The molecule has 106 valence electrons. The molecule has 3 N–H and O–H groups in total. The van der Waals surface area contributed by atoms with Gasteiger partial charge in [-0.15, -0.1) is 0 Å². The number of hydrogen-bond donors (Lipinski definition) is 2. The molecule has 2 atom stereocenters. The van der Waals surface area contributed by atoms with Gasteiger partial charge in [0.2, 0.25) is 0 Å². The third-order valence-corrected chi connectivity index (χ3v) is 3.80. The first-order valence-corrected chi connectivity index (χ1v) is 7.21. The quantitative estimate of drug-likeness (QED) is 0.893. The molecule has 2 rings (SSSR count). The van der Waals surface area contributed by atoms with Crippen LogP contribution in [0.15, 0.2) is 46.9 Å². The third-order valence-electron chi connectivity index (χ3n) is 3.34. The highest BCUT2D eigenvalue weighted by atomic mass is 79.9. The number of nitrogens with two attached hydrogens (primary N) is 1. The molecule has 0 saturated carbocycles. The van der Waals surface area contributed by atoms with E-state index in [0.29, 0.717) is 6.54 Å². The van der Waals surface area contributed by atoms with Gasteiger partial charge in [-0.25, -0.2) is 4.39 Å². The summed E-state index contributed by atoms with van der Waals surface area (Å²) in [4.78, 5) is 0. The smallest absolute Gasteiger partial charge is 0.123 e. The number of aliphatic hydroxyl groups is 1. The first-order chi connectivity index (χ1) is 9.51. The molecule has 2 aromatic rings. The standard InChI is InChI=1S/C16H17BrFNO/c1-10-6-12(8-13(17)7-10)16(20)15(9-19)11-2-4-14(18)5-3-11/h2-8,15-16,20H,9,19H2,1H3. The second-order valence-corrected chi connectivity index (χ2v) is 5.82. The fourth-order valence-electron chi connectivity index (χ4n) is 2.32. The van der Waals surface area contributed by atoms with Crippen LogP contribution in [-0.2, 0) is 0 Å². The Balaban J connectivity index is 2.33. The van der Waals surface area contributed by atoms with E-state index in [4.69, 9.17) is 5.73 Å². The lowest BCUT2D eigenvalue weighted by molar-refractivity contribution is 0.147. The lowest BCUT2D eigenvalue weighted by Gasteiger charge is -2.23. The van der Waals surface area contributed by atoms with Crippen LogP contribution in [0.1, 0.15) is 28.7 Å². The Bertz CT molecular complexity index is 565. The van der Waals surface area contributed by atoms with E-state index in [9.17, 15) is 9.50 Å². The number of benzene rings is 2. The topological polar surface area (TPSA) is 46.2 Å². The number of halogens is 2. The van der Waals surface area contributed by atoms with Crippen molar-refractivity contribution in [2.45, 2.75) is 18.9 Å². The van der Waals surface area contributed by atoms with Gasteiger partial charge < -0.3 is 10.8 Å². The van der Waals surface area contributed by atoms with Crippen molar-refractivity contribution in [2.75, 3.05) is 6.54 Å². The van der Waals surface area contributed by atoms with Gasteiger partial charge in [0.15, 0.2) is 0 Å². The summed E-state index contributed by atoms with van der Waals surface area (Å²) in [7, 11) is 0. The lowest BCUT2D eigenvalue weighted by atomic mass is 9.89. The van der Waals surface area contributed by atoms with Gasteiger partial charge in [0.05, 0.1) is 6.10 Å². The monoisotopic (exact) mass is 337 g/mol. The van der Waals surface area contributed by atoms with E-state index in [2.05, 4.69) is 15.9 Å². The highest BCUT2D eigenvalue weighted by molar-refractivity contribution is 9.10. The second-order valence-electron chi connectivity index (χ2n) is 4.90. The second kappa shape index (κ2) is 6.48. The summed E-state index contributed by atoms with van der Waals surface area (Å²) in [5, 5.41) is 10.6. The Kier molecular flexibility index (Phi) is 4.91. The summed E-state index contributed by atoms with van der Waals surface area (Å²) in [6.45, 7) is 2.26. The Morgan fingerprint density at radius 1 is 1.15 bits per heavy atom. The van der Waals surface area contributed by atoms with Crippen molar-refractivity contribution in [1.29, 1.82) is 0 Å². The highest BCUT2D eigenvalue weighted by Gasteiger charge is 2.22. The molecule has 20 heavy (non-hydrogen) atoms. The summed E-state index contributed by atoms with van der Waals surface area (Å²) >= 11 is 3.43. The molecule has 0 aliphatic rings. The van der Waals surface area contributed by atoms with Crippen molar-refractivity contribution in [3.05, 3.63) is 69.4 Å². The average Bonchev–Trinajstić information content (AvgIpc) is 2.40. The molecular weight excluding hydrogens is 321 g/mol. The summed E-state index contributed by atoms with van der Waals surface area (Å²) in [6.07, 6.45) is -0.721. The summed E-state index contributed by atoms with van der Waals surface area (Å²) in [6, 6.07) is 11.9. The molecule has 0 saturated heterocycles. The predicted molar refractivity (Wildman–Crippen MR) is 82.0 cm³/mol. The first kappa shape index (κ1) is 15.2. The molecule has 0 aliphatic heterocycles. The maximum Gasteiger partial charge on any atom is 0.123 e. The van der Waals surface area contributed by atoms with Gasteiger partial charge in [0, 0.05) is 16.9 Å². The van der Waals surface area contributed by atoms with E-state index < -0.39 is 6.10 Å². The number of aryl methyl sites for hydroxylation is 1. The Labute approximate surface area is 126 Å². The van der Waals surface area contributed by atoms with E-state index in [0.717, 1.165) is 21.2 Å². The summed E-state index contributed by atoms with van der Waals surface area (Å²) in [5.41, 5.74) is 8.49. The van der Waals surface area contributed by atoms with E-state index in [-0.39, 0.29) is 11.7 Å². The fraction of sp³-hybridized carbons (Fsp3) is 0.250. The summed E-state index contributed by atoms with van der Waals surface area (Å²) < 4.78 is 13.9. The number of aliphatic hydroxyl groups excluding tert-OH is 1. The van der Waals surface area contributed by atoms with Gasteiger partial charge >= 0.3 is 0 Å². The van der Waals surface area contributed by atoms with E-state index in [1.807, 2.05) is 25.1 Å².